The molecule has 84 valence electrons. The first kappa shape index (κ1) is 11.5. The van der Waals surface area contributed by atoms with Gasteiger partial charge in [0, 0.05) is 5.02 Å². The number of nitrogens with zero attached hydrogens (tertiary/aromatic N) is 1. The van der Waals surface area contributed by atoms with E-state index in [4.69, 9.17) is 11.6 Å². The maximum atomic E-state index is 9.41. The Morgan fingerprint density at radius 2 is 2.00 bits per heavy atom. The second kappa shape index (κ2) is 4.11. The second-order valence-electron chi connectivity index (χ2n) is 5.09. The summed E-state index contributed by atoms with van der Waals surface area (Å²) in [4.78, 5) is 0. The van der Waals surface area contributed by atoms with Gasteiger partial charge in [0.1, 0.15) is 0 Å². The SMILES string of the molecule is CC(C)C1CC(C#N)(c2ccccc2Cl)C1. The zero-order valence-electron chi connectivity index (χ0n) is 9.70. The van der Waals surface area contributed by atoms with Gasteiger partial charge < -0.3 is 0 Å². The van der Waals surface area contributed by atoms with Crippen LogP contribution in [0.4, 0.5) is 0 Å². The van der Waals surface area contributed by atoms with Gasteiger partial charge in [-0.25, -0.2) is 0 Å². The summed E-state index contributed by atoms with van der Waals surface area (Å²) in [5, 5.41) is 10.1. The van der Waals surface area contributed by atoms with Crippen LogP contribution in [0, 0.1) is 23.2 Å². The molecule has 2 rings (SSSR count). The van der Waals surface area contributed by atoms with E-state index in [9.17, 15) is 5.26 Å². The van der Waals surface area contributed by atoms with Gasteiger partial charge in [0.15, 0.2) is 0 Å². The number of halogens is 1. The molecule has 0 bridgehead atoms. The van der Waals surface area contributed by atoms with Crippen molar-refractivity contribution in [2.24, 2.45) is 11.8 Å². The largest absolute Gasteiger partial charge is 0.197 e. The lowest BCUT2D eigenvalue weighted by Crippen LogP contribution is -2.42. The summed E-state index contributed by atoms with van der Waals surface area (Å²) in [6, 6.07) is 10.2. The number of nitriles is 1. The molecule has 1 fully saturated rings. The van der Waals surface area contributed by atoms with Crippen LogP contribution in [-0.2, 0) is 5.41 Å². The highest BCUT2D eigenvalue weighted by Gasteiger charge is 2.47. The van der Waals surface area contributed by atoms with Crippen molar-refractivity contribution in [3.8, 4) is 6.07 Å². The molecule has 0 aliphatic heterocycles. The maximum Gasteiger partial charge on any atom is 0.0842 e. The van der Waals surface area contributed by atoms with E-state index in [0.717, 1.165) is 23.4 Å². The minimum Gasteiger partial charge on any atom is -0.197 e. The number of benzene rings is 1. The minimum absolute atomic E-state index is 0.326. The summed E-state index contributed by atoms with van der Waals surface area (Å²) in [6.07, 6.45) is 1.90. The second-order valence-corrected chi connectivity index (χ2v) is 5.49. The highest BCUT2D eigenvalue weighted by molar-refractivity contribution is 6.31. The molecule has 0 unspecified atom stereocenters. The Labute approximate surface area is 102 Å². The zero-order valence-corrected chi connectivity index (χ0v) is 10.5. The van der Waals surface area contributed by atoms with Crippen LogP contribution in [-0.4, -0.2) is 0 Å². The van der Waals surface area contributed by atoms with Gasteiger partial charge >= 0.3 is 0 Å². The summed E-state index contributed by atoms with van der Waals surface area (Å²) in [7, 11) is 0. The molecule has 1 aromatic rings. The fourth-order valence-corrected chi connectivity index (χ4v) is 2.84. The third-order valence-electron chi connectivity index (χ3n) is 3.77. The summed E-state index contributed by atoms with van der Waals surface area (Å²) >= 11 is 6.18. The first-order valence-electron chi connectivity index (χ1n) is 5.75. The molecule has 2 heteroatoms. The molecule has 0 heterocycles. The van der Waals surface area contributed by atoms with Gasteiger partial charge in [-0.1, -0.05) is 43.6 Å². The number of hydrogen-bond acceptors (Lipinski definition) is 1. The van der Waals surface area contributed by atoms with E-state index >= 15 is 0 Å². The monoisotopic (exact) mass is 233 g/mol. The van der Waals surface area contributed by atoms with Crippen molar-refractivity contribution < 1.29 is 0 Å². The van der Waals surface area contributed by atoms with Gasteiger partial charge in [-0.3, -0.25) is 0 Å². The van der Waals surface area contributed by atoms with Crippen LogP contribution >= 0.6 is 11.6 Å². The summed E-state index contributed by atoms with van der Waals surface area (Å²) < 4.78 is 0. The third-order valence-corrected chi connectivity index (χ3v) is 4.10. The van der Waals surface area contributed by atoms with Gasteiger partial charge in [-0.15, -0.1) is 0 Å². The Morgan fingerprint density at radius 3 is 2.50 bits per heavy atom. The molecule has 1 aliphatic carbocycles. The van der Waals surface area contributed by atoms with Crippen molar-refractivity contribution in [3.05, 3.63) is 34.9 Å². The van der Waals surface area contributed by atoms with E-state index < -0.39 is 0 Å². The molecule has 0 atom stereocenters. The Balaban J connectivity index is 2.27. The molecule has 16 heavy (non-hydrogen) atoms. The molecule has 0 radical (unpaired) electrons. The fourth-order valence-electron chi connectivity index (χ4n) is 2.53. The van der Waals surface area contributed by atoms with Crippen molar-refractivity contribution in [1.29, 1.82) is 5.26 Å². The van der Waals surface area contributed by atoms with Crippen molar-refractivity contribution in [2.45, 2.75) is 32.1 Å². The van der Waals surface area contributed by atoms with Gasteiger partial charge in [-0.05, 0) is 36.3 Å². The molecule has 0 spiro atoms. The van der Waals surface area contributed by atoms with Gasteiger partial charge in [-0.2, -0.15) is 5.26 Å². The molecule has 0 saturated heterocycles. The predicted molar refractivity (Wildman–Crippen MR) is 66.3 cm³/mol. The Morgan fingerprint density at radius 1 is 1.38 bits per heavy atom. The molecule has 1 aliphatic rings. The van der Waals surface area contributed by atoms with Crippen LogP contribution in [0.1, 0.15) is 32.3 Å². The van der Waals surface area contributed by atoms with E-state index in [1.165, 1.54) is 0 Å². The predicted octanol–water partition coefficient (Wildman–Crippen LogP) is 4.17. The molecule has 1 aromatic carbocycles. The average molecular weight is 234 g/mol. The summed E-state index contributed by atoms with van der Waals surface area (Å²) in [5.41, 5.74) is 0.684. The van der Waals surface area contributed by atoms with Crippen molar-refractivity contribution in [3.63, 3.8) is 0 Å². The van der Waals surface area contributed by atoms with Gasteiger partial charge in [0.05, 0.1) is 11.5 Å². The highest BCUT2D eigenvalue weighted by Crippen LogP contribution is 2.51. The Bertz CT molecular complexity index is 425. The molecule has 0 N–H and O–H groups in total. The number of rotatable bonds is 2. The molecule has 1 saturated carbocycles. The summed E-state index contributed by atoms with van der Waals surface area (Å²) in [6.45, 7) is 4.44. The van der Waals surface area contributed by atoms with E-state index in [1.54, 1.807) is 0 Å². The standard InChI is InChI=1S/C14H16ClN/c1-10(2)11-7-14(8-11,9-16)12-5-3-4-6-13(12)15/h3-6,10-11H,7-8H2,1-2H3. The van der Waals surface area contributed by atoms with Crippen LogP contribution in [0.5, 0.6) is 0 Å². The zero-order chi connectivity index (χ0) is 11.8. The third kappa shape index (κ3) is 1.72. The Hall–Kier alpha value is -1.00. The topological polar surface area (TPSA) is 23.8 Å². The van der Waals surface area contributed by atoms with Crippen LogP contribution in [0.15, 0.2) is 24.3 Å². The molecule has 0 aromatic heterocycles. The average Bonchev–Trinajstić information content (AvgIpc) is 2.19. The van der Waals surface area contributed by atoms with Crippen molar-refractivity contribution in [2.75, 3.05) is 0 Å². The highest BCUT2D eigenvalue weighted by atomic mass is 35.5. The number of hydrogen-bond donors (Lipinski definition) is 0. The fraction of sp³-hybridized carbons (Fsp3) is 0.500. The lowest BCUT2D eigenvalue weighted by Gasteiger charge is -2.45. The normalized spacial score (nSPS) is 28.6. The first-order valence-corrected chi connectivity index (χ1v) is 6.13. The Kier molecular flexibility index (Phi) is 2.95. The van der Waals surface area contributed by atoms with E-state index in [0.29, 0.717) is 11.8 Å². The maximum absolute atomic E-state index is 9.41. The van der Waals surface area contributed by atoms with Crippen LogP contribution < -0.4 is 0 Å². The van der Waals surface area contributed by atoms with Crippen molar-refractivity contribution in [1.82, 2.24) is 0 Å². The lowest BCUT2D eigenvalue weighted by atomic mass is 9.56. The summed E-state index contributed by atoms with van der Waals surface area (Å²) in [5.74, 6) is 1.32. The van der Waals surface area contributed by atoms with Crippen LogP contribution in [0.25, 0.3) is 0 Å². The lowest BCUT2D eigenvalue weighted by molar-refractivity contribution is 0.145. The first-order chi connectivity index (χ1) is 7.59. The van der Waals surface area contributed by atoms with Gasteiger partial charge in [0.2, 0.25) is 0 Å². The van der Waals surface area contributed by atoms with E-state index in [1.807, 2.05) is 24.3 Å². The minimum atomic E-state index is -0.326. The van der Waals surface area contributed by atoms with Crippen molar-refractivity contribution >= 4 is 11.6 Å². The molecular weight excluding hydrogens is 218 g/mol. The van der Waals surface area contributed by atoms with Gasteiger partial charge in [0.25, 0.3) is 0 Å². The van der Waals surface area contributed by atoms with E-state index in [2.05, 4.69) is 19.9 Å². The molecule has 1 nitrogen and oxygen atoms in total. The van der Waals surface area contributed by atoms with Crippen LogP contribution in [0.3, 0.4) is 0 Å². The smallest absolute Gasteiger partial charge is 0.0842 e. The molecular formula is C14H16ClN. The quantitative estimate of drug-likeness (QED) is 0.752. The van der Waals surface area contributed by atoms with Crippen LogP contribution in [0.2, 0.25) is 5.02 Å². The van der Waals surface area contributed by atoms with E-state index in [-0.39, 0.29) is 5.41 Å². The molecule has 0 amide bonds.